The molecule has 2 heterocycles. The van der Waals surface area contributed by atoms with E-state index in [0.29, 0.717) is 24.5 Å². The molecule has 0 saturated carbocycles. The third kappa shape index (κ3) is 4.79. The van der Waals surface area contributed by atoms with Crippen LogP contribution in [0.4, 0.5) is 0 Å². The third-order valence-corrected chi connectivity index (χ3v) is 7.55. The van der Waals surface area contributed by atoms with Crippen LogP contribution < -0.4 is 5.32 Å². The number of amides is 1. The molecule has 160 valence electrons. The van der Waals surface area contributed by atoms with E-state index < -0.39 is 16.1 Å². The fourth-order valence-corrected chi connectivity index (χ4v) is 5.55. The van der Waals surface area contributed by atoms with Gasteiger partial charge in [0.2, 0.25) is 15.9 Å². The van der Waals surface area contributed by atoms with Gasteiger partial charge in [-0.25, -0.2) is 8.42 Å². The molecule has 0 spiro atoms. The molecule has 0 bridgehead atoms. The summed E-state index contributed by atoms with van der Waals surface area (Å²) in [7, 11) is -3.80. The van der Waals surface area contributed by atoms with E-state index in [4.69, 9.17) is 11.6 Å². The van der Waals surface area contributed by atoms with Crippen molar-refractivity contribution in [2.75, 3.05) is 6.54 Å². The molecule has 1 aromatic heterocycles. The lowest BCUT2D eigenvalue weighted by Gasteiger charge is -2.36. The molecule has 31 heavy (non-hydrogen) atoms. The van der Waals surface area contributed by atoms with Gasteiger partial charge in [-0.05, 0) is 53.4 Å². The van der Waals surface area contributed by atoms with Crippen molar-refractivity contribution in [1.82, 2.24) is 14.6 Å². The molecule has 8 heteroatoms. The number of aromatic nitrogens is 1. The minimum Gasteiger partial charge on any atom is -0.352 e. The van der Waals surface area contributed by atoms with E-state index in [1.54, 1.807) is 30.6 Å². The van der Waals surface area contributed by atoms with Gasteiger partial charge < -0.3 is 5.32 Å². The second kappa shape index (κ2) is 9.18. The molecule has 1 amide bonds. The maximum absolute atomic E-state index is 13.4. The summed E-state index contributed by atoms with van der Waals surface area (Å²) in [6.07, 6.45) is 3.98. The summed E-state index contributed by atoms with van der Waals surface area (Å²) >= 11 is 5.93. The van der Waals surface area contributed by atoms with Crippen molar-refractivity contribution in [2.45, 2.75) is 30.3 Å². The van der Waals surface area contributed by atoms with Gasteiger partial charge >= 0.3 is 0 Å². The summed E-state index contributed by atoms with van der Waals surface area (Å²) in [5.41, 5.74) is 2.81. The minimum atomic E-state index is -3.80. The van der Waals surface area contributed by atoms with Crippen LogP contribution in [0.25, 0.3) is 0 Å². The first-order valence-electron chi connectivity index (χ1n) is 9.96. The Balaban J connectivity index is 1.60. The van der Waals surface area contributed by atoms with Crippen LogP contribution in [0, 0.1) is 0 Å². The van der Waals surface area contributed by atoms with E-state index in [-0.39, 0.29) is 17.2 Å². The molecule has 3 aromatic rings. The van der Waals surface area contributed by atoms with Crippen molar-refractivity contribution < 1.29 is 13.2 Å². The number of hydrogen-bond donors (Lipinski definition) is 1. The Morgan fingerprint density at radius 1 is 1.10 bits per heavy atom. The molecular weight excluding hydrogens is 434 g/mol. The fraction of sp³-hybridized carbons (Fsp3) is 0.217. The monoisotopic (exact) mass is 455 g/mol. The number of carbonyl (C=O) groups excluding carboxylic acids is 1. The number of benzene rings is 2. The van der Waals surface area contributed by atoms with Crippen molar-refractivity contribution >= 4 is 27.5 Å². The van der Waals surface area contributed by atoms with Gasteiger partial charge in [0, 0.05) is 36.9 Å². The number of nitrogens with one attached hydrogen (secondary N) is 1. The van der Waals surface area contributed by atoms with Crippen LogP contribution in [0.5, 0.6) is 0 Å². The van der Waals surface area contributed by atoms with E-state index in [2.05, 4.69) is 10.3 Å². The molecule has 1 aliphatic rings. The number of pyridine rings is 1. The summed E-state index contributed by atoms with van der Waals surface area (Å²) in [6, 6.07) is 16.9. The third-order valence-electron chi connectivity index (χ3n) is 5.37. The molecule has 0 unspecified atom stereocenters. The Bertz CT molecular complexity index is 1170. The zero-order valence-electron chi connectivity index (χ0n) is 16.7. The quantitative estimate of drug-likeness (QED) is 0.614. The molecule has 4 rings (SSSR count). The minimum absolute atomic E-state index is 0.0318. The molecule has 6 nitrogen and oxygen atoms in total. The van der Waals surface area contributed by atoms with Crippen LogP contribution in [-0.2, 0) is 27.8 Å². The predicted molar refractivity (Wildman–Crippen MR) is 119 cm³/mol. The molecule has 0 fully saturated rings. The number of halogens is 1. The number of sulfonamides is 1. The van der Waals surface area contributed by atoms with Crippen LogP contribution >= 0.6 is 11.6 Å². The average molecular weight is 456 g/mol. The smallest absolute Gasteiger partial charge is 0.243 e. The van der Waals surface area contributed by atoms with Gasteiger partial charge in [0.1, 0.15) is 0 Å². The summed E-state index contributed by atoms with van der Waals surface area (Å²) in [6.45, 7) is 0.646. The first kappa shape index (κ1) is 21.5. The Kier molecular flexibility index (Phi) is 6.36. The molecule has 0 saturated heterocycles. The van der Waals surface area contributed by atoms with E-state index in [9.17, 15) is 13.2 Å². The maximum atomic E-state index is 13.4. The zero-order chi connectivity index (χ0) is 21.8. The van der Waals surface area contributed by atoms with Crippen LogP contribution in [0.2, 0.25) is 5.02 Å². The molecule has 2 aromatic carbocycles. The topological polar surface area (TPSA) is 79.4 Å². The van der Waals surface area contributed by atoms with Gasteiger partial charge in [-0.15, -0.1) is 0 Å². The number of carbonyl (C=O) groups is 1. The number of rotatable bonds is 6. The summed E-state index contributed by atoms with van der Waals surface area (Å²) in [4.78, 5) is 17.0. The lowest BCUT2D eigenvalue weighted by Crippen LogP contribution is -2.42. The maximum Gasteiger partial charge on any atom is 0.243 e. The van der Waals surface area contributed by atoms with Gasteiger partial charge in [-0.1, -0.05) is 41.9 Å². The molecule has 0 radical (unpaired) electrons. The highest BCUT2D eigenvalue weighted by Crippen LogP contribution is 2.36. The van der Waals surface area contributed by atoms with E-state index in [1.807, 2.05) is 30.3 Å². The van der Waals surface area contributed by atoms with Crippen molar-refractivity contribution in [3.63, 3.8) is 0 Å². The highest BCUT2D eigenvalue weighted by molar-refractivity contribution is 7.89. The van der Waals surface area contributed by atoms with E-state index >= 15 is 0 Å². The van der Waals surface area contributed by atoms with Crippen molar-refractivity contribution in [2.24, 2.45) is 0 Å². The second-order valence-electron chi connectivity index (χ2n) is 7.38. The molecule has 1 N–H and O–H groups in total. The summed E-state index contributed by atoms with van der Waals surface area (Å²) in [5.74, 6) is -0.220. The van der Waals surface area contributed by atoms with Crippen LogP contribution in [0.3, 0.4) is 0 Å². The first-order chi connectivity index (χ1) is 14.9. The SMILES string of the molecule is O=C(C[C@@H]1c2ccccc2CCN1S(=O)(=O)c1ccc(Cl)cc1)NCc1cccnc1. The lowest BCUT2D eigenvalue weighted by molar-refractivity contribution is -0.122. The average Bonchev–Trinajstić information content (AvgIpc) is 2.79. The number of nitrogens with zero attached hydrogens (tertiary/aromatic N) is 2. The van der Waals surface area contributed by atoms with E-state index in [0.717, 1.165) is 16.7 Å². The molecule has 1 atom stereocenters. The normalized spacial score (nSPS) is 16.5. The Morgan fingerprint density at radius 3 is 2.61 bits per heavy atom. The number of hydrogen-bond acceptors (Lipinski definition) is 4. The van der Waals surface area contributed by atoms with Gasteiger partial charge in [-0.3, -0.25) is 9.78 Å². The van der Waals surface area contributed by atoms with Crippen LogP contribution in [0.15, 0.2) is 78.0 Å². The summed E-state index contributed by atoms with van der Waals surface area (Å²) < 4.78 is 28.3. The van der Waals surface area contributed by atoms with Crippen molar-refractivity contribution in [3.05, 3.63) is 94.8 Å². The number of fused-ring (bicyclic) bond motifs is 1. The fourth-order valence-electron chi connectivity index (χ4n) is 3.82. The Hall–Kier alpha value is -2.74. The Morgan fingerprint density at radius 2 is 1.87 bits per heavy atom. The second-order valence-corrected chi connectivity index (χ2v) is 9.70. The van der Waals surface area contributed by atoms with Gasteiger partial charge in [0.25, 0.3) is 0 Å². The van der Waals surface area contributed by atoms with Crippen LogP contribution in [-0.4, -0.2) is 30.2 Å². The standard InChI is InChI=1S/C23H22ClN3O3S/c24-19-7-9-20(10-8-19)31(29,30)27-13-11-18-5-1-2-6-21(18)22(27)14-23(28)26-16-17-4-3-12-25-15-17/h1-10,12,15,22H,11,13-14,16H2,(H,26,28)/t22-/m1/s1. The molecular formula is C23H22ClN3O3S. The zero-order valence-corrected chi connectivity index (χ0v) is 18.3. The first-order valence-corrected chi connectivity index (χ1v) is 11.8. The lowest BCUT2D eigenvalue weighted by atomic mass is 9.92. The molecule has 0 aliphatic carbocycles. The summed E-state index contributed by atoms with van der Waals surface area (Å²) in [5, 5.41) is 3.35. The highest BCUT2D eigenvalue weighted by atomic mass is 35.5. The highest BCUT2D eigenvalue weighted by Gasteiger charge is 2.37. The van der Waals surface area contributed by atoms with Gasteiger partial charge in [-0.2, -0.15) is 4.31 Å². The molecule has 1 aliphatic heterocycles. The Labute approximate surface area is 186 Å². The van der Waals surface area contributed by atoms with E-state index in [1.165, 1.54) is 16.4 Å². The van der Waals surface area contributed by atoms with Crippen molar-refractivity contribution in [3.8, 4) is 0 Å². The predicted octanol–water partition coefficient (Wildman–Crippen LogP) is 3.73. The van der Waals surface area contributed by atoms with Crippen molar-refractivity contribution in [1.29, 1.82) is 0 Å². The van der Waals surface area contributed by atoms with Crippen LogP contribution in [0.1, 0.15) is 29.2 Å². The van der Waals surface area contributed by atoms with Gasteiger partial charge in [0.05, 0.1) is 10.9 Å². The van der Waals surface area contributed by atoms with Gasteiger partial charge in [0.15, 0.2) is 0 Å². The largest absolute Gasteiger partial charge is 0.352 e.